The molecule has 9 nitrogen and oxygen atoms in total. The van der Waals surface area contributed by atoms with Gasteiger partial charge < -0.3 is 10.0 Å². The van der Waals surface area contributed by atoms with Crippen LogP contribution in [0.15, 0.2) is 60.1 Å². The summed E-state index contributed by atoms with van der Waals surface area (Å²) in [5.74, 6) is -2.07. The largest absolute Gasteiger partial charge is 0.503 e. The highest BCUT2D eigenvalue weighted by Crippen LogP contribution is 2.43. The van der Waals surface area contributed by atoms with Crippen LogP contribution < -0.4 is 0 Å². The first-order chi connectivity index (χ1) is 15.3. The number of aryl methyl sites for hydroxylation is 2. The maximum atomic E-state index is 13.5. The molecule has 0 bridgehead atoms. The highest BCUT2D eigenvalue weighted by Gasteiger charge is 2.46. The summed E-state index contributed by atoms with van der Waals surface area (Å²) < 4.78 is 0. The van der Waals surface area contributed by atoms with Crippen LogP contribution in [0.4, 0.5) is 5.69 Å². The molecule has 0 fully saturated rings. The van der Waals surface area contributed by atoms with E-state index in [1.165, 1.54) is 23.1 Å². The van der Waals surface area contributed by atoms with Gasteiger partial charge in [-0.25, -0.2) is 4.98 Å². The van der Waals surface area contributed by atoms with E-state index in [2.05, 4.69) is 9.97 Å². The van der Waals surface area contributed by atoms with Crippen LogP contribution in [0.5, 0.6) is 0 Å². The van der Waals surface area contributed by atoms with Gasteiger partial charge in [-0.3, -0.25) is 24.7 Å². The van der Waals surface area contributed by atoms with Crippen LogP contribution in [-0.4, -0.2) is 36.6 Å². The Morgan fingerprint density at radius 3 is 2.62 bits per heavy atom. The van der Waals surface area contributed by atoms with Crippen molar-refractivity contribution in [1.29, 1.82) is 0 Å². The van der Waals surface area contributed by atoms with Crippen molar-refractivity contribution < 1.29 is 19.6 Å². The predicted molar refractivity (Wildman–Crippen MR) is 116 cm³/mol. The number of carbonyl (C=O) groups is 2. The first-order valence-electron chi connectivity index (χ1n) is 9.64. The minimum Gasteiger partial charge on any atom is -0.503 e. The number of amides is 1. The zero-order valence-corrected chi connectivity index (χ0v) is 18.0. The molecule has 0 saturated carbocycles. The lowest BCUT2D eigenvalue weighted by Gasteiger charge is -2.26. The Hall–Kier alpha value is -3.92. The van der Waals surface area contributed by atoms with Gasteiger partial charge >= 0.3 is 0 Å². The molecule has 0 spiro atoms. The lowest BCUT2D eigenvalue weighted by molar-refractivity contribution is -0.385. The number of aliphatic hydroxyl groups excluding tert-OH is 1. The molecule has 0 radical (unpaired) electrons. The number of para-hydroxylation sites is 1. The van der Waals surface area contributed by atoms with E-state index in [0.717, 1.165) is 11.3 Å². The molecular weight excluding hydrogens is 432 g/mol. The van der Waals surface area contributed by atoms with E-state index < -0.39 is 28.4 Å². The number of nitro benzene ring substituents is 1. The number of nitro groups is 1. The number of rotatable bonds is 6. The van der Waals surface area contributed by atoms with Gasteiger partial charge in [0.25, 0.3) is 11.6 Å². The number of nitrogens with zero attached hydrogens (tertiary/aromatic N) is 4. The molecule has 1 N–H and O–H groups in total. The Kier molecular flexibility index (Phi) is 5.54. The fourth-order valence-corrected chi connectivity index (χ4v) is 4.68. The quantitative estimate of drug-likeness (QED) is 0.343. The van der Waals surface area contributed by atoms with E-state index in [9.17, 15) is 24.8 Å². The molecule has 3 heterocycles. The Morgan fingerprint density at radius 2 is 2.00 bits per heavy atom. The second-order valence-corrected chi connectivity index (χ2v) is 8.45. The predicted octanol–water partition coefficient (Wildman–Crippen LogP) is 3.84. The van der Waals surface area contributed by atoms with Gasteiger partial charge in [-0.15, -0.1) is 11.3 Å². The average molecular weight is 450 g/mol. The summed E-state index contributed by atoms with van der Waals surface area (Å²) in [6.45, 7) is 3.42. The van der Waals surface area contributed by atoms with Crippen molar-refractivity contribution in [1.82, 2.24) is 14.9 Å². The molecule has 162 valence electrons. The SMILES string of the molecule is Cc1nc(C)c(C(=O)C2=C(O)C(=O)N(Cc3cccnc3)C2c2ccccc2[N+](=O)[O-])s1. The highest BCUT2D eigenvalue weighted by atomic mass is 32.1. The summed E-state index contributed by atoms with van der Waals surface area (Å²) >= 11 is 1.15. The lowest BCUT2D eigenvalue weighted by Crippen LogP contribution is -2.31. The van der Waals surface area contributed by atoms with Gasteiger partial charge in [0.2, 0.25) is 5.78 Å². The van der Waals surface area contributed by atoms with Crippen LogP contribution >= 0.6 is 11.3 Å². The third-order valence-corrected chi connectivity index (χ3v) is 6.23. The fourth-order valence-electron chi connectivity index (χ4n) is 3.81. The van der Waals surface area contributed by atoms with Gasteiger partial charge in [-0.05, 0) is 31.5 Å². The van der Waals surface area contributed by atoms with Crippen LogP contribution in [0.2, 0.25) is 0 Å². The molecular formula is C22H18N4O5S. The van der Waals surface area contributed by atoms with Crippen molar-refractivity contribution in [2.75, 3.05) is 0 Å². The fraction of sp³-hybridized carbons (Fsp3) is 0.182. The zero-order valence-electron chi connectivity index (χ0n) is 17.2. The molecule has 1 aliphatic rings. The molecule has 1 aliphatic heterocycles. The van der Waals surface area contributed by atoms with Crippen LogP contribution in [0.25, 0.3) is 0 Å². The van der Waals surface area contributed by atoms with Crippen molar-refractivity contribution in [2.45, 2.75) is 26.4 Å². The Labute approximate surface area is 186 Å². The Balaban J connectivity index is 1.89. The number of pyridine rings is 1. The Morgan fingerprint density at radius 1 is 1.25 bits per heavy atom. The van der Waals surface area contributed by atoms with E-state index >= 15 is 0 Å². The van der Waals surface area contributed by atoms with E-state index in [0.29, 0.717) is 16.3 Å². The van der Waals surface area contributed by atoms with Crippen molar-refractivity contribution >= 4 is 28.7 Å². The molecule has 2 aromatic heterocycles. The topological polar surface area (TPSA) is 127 Å². The second-order valence-electron chi connectivity index (χ2n) is 7.25. The molecule has 1 unspecified atom stereocenters. The van der Waals surface area contributed by atoms with Gasteiger partial charge in [0.1, 0.15) is 0 Å². The number of aliphatic hydroxyl groups is 1. The number of ketones is 1. The molecule has 1 aromatic carbocycles. The van der Waals surface area contributed by atoms with E-state index in [1.54, 1.807) is 44.4 Å². The summed E-state index contributed by atoms with van der Waals surface area (Å²) in [4.78, 5) is 47.6. The van der Waals surface area contributed by atoms with Crippen molar-refractivity contribution in [2.24, 2.45) is 0 Å². The lowest BCUT2D eigenvalue weighted by atomic mass is 9.93. The number of benzene rings is 1. The zero-order chi connectivity index (χ0) is 23.0. The number of hydrogen-bond donors (Lipinski definition) is 1. The van der Waals surface area contributed by atoms with Crippen LogP contribution in [0.1, 0.15) is 37.5 Å². The summed E-state index contributed by atoms with van der Waals surface area (Å²) in [7, 11) is 0. The highest BCUT2D eigenvalue weighted by molar-refractivity contribution is 7.14. The van der Waals surface area contributed by atoms with E-state index in [4.69, 9.17) is 0 Å². The smallest absolute Gasteiger partial charge is 0.290 e. The molecule has 1 amide bonds. The summed E-state index contributed by atoms with van der Waals surface area (Å²) in [5.41, 5.74) is 0.813. The van der Waals surface area contributed by atoms with Crippen molar-refractivity contribution in [3.63, 3.8) is 0 Å². The van der Waals surface area contributed by atoms with E-state index in [1.807, 2.05) is 0 Å². The monoisotopic (exact) mass is 450 g/mol. The third kappa shape index (κ3) is 3.65. The average Bonchev–Trinajstić information content (AvgIpc) is 3.24. The molecule has 1 atom stereocenters. The number of hydrogen-bond acceptors (Lipinski definition) is 8. The van der Waals surface area contributed by atoms with Gasteiger partial charge in [-0.1, -0.05) is 18.2 Å². The molecule has 3 aromatic rings. The summed E-state index contributed by atoms with van der Waals surface area (Å²) in [6.07, 6.45) is 3.13. The minimum absolute atomic E-state index is 0.00489. The van der Waals surface area contributed by atoms with E-state index in [-0.39, 0.29) is 28.2 Å². The first kappa shape index (κ1) is 21.3. The minimum atomic E-state index is -1.14. The molecule has 32 heavy (non-hydrogen) atoms. The maximum absolute atomic E-state index is 13.5. The van der Waals surface area contributed by atoms with Gasteiger partial charge in [0, 0.05) is 25.0 Å². The van der Waals surface area contributed by atoms with Crippen molar-refractivity contribution in [3.05, 3.63) is 96.9 Å². The number of Topliss-reactive ketones (excluding diaryl/α,β-unsaturated/α-hetero) is 1. The number of thiazole rings is 1. The van der Waals surface area contributed by atoms with Gasteiger partial charge in [0.15, 0.2) is 5.76 Å². The second kappa shape index (κ2) is 8.31. The number of aromatic nitrogens is 2. The van der Waals surface area contributed by atoms with Crippen LogP contribution in [-0.2, 0) is 11.3 Å². The molecule has 4 rings (SSSR count). The third-order valence-electron chi connectivity index (χ3n) is 5.16. The first-order valence-corrected chi connectivity index (χ1v) is 10.5. The molecule has 0 saturated heterocycles. The van der Waals surface area contributed by atoms with Crippen molar-refractivity contribution in [3.8, 4) is 0 Å². The Bertz CT molecular complexity index is 1270. The van der Waals surface area contributed by atoms with Gasteiger partial charge in [-0.2, -0.15) is 0 Å². The molecule has 0 aliphatic carbocycles. The summed E-state index contributed by atoms with van der Waals surface area (Å²) in [5, 5.41) is 23.2. The van der Waals surface area contributed by atoms with Crippen LogP contribution in [0.3, 0.4) is 0 Å². The molecule has 10 heteroatoms. The summed E-state index contributed by atoms with van der Waals surface area (Å²) in [6, 6.07) is 8.19. The normalized spacial score (nSPS) is 16.0. The maximum Gasteiger partial charge on any atom is 0.290 e. The number of carbonyl (C=O) groups excluding carboxylic acids is 2. The van der Waals surface area contributed by atoms with Crippen LogP contribution in [0, 0.1) is 24.0 Å². The van der Waals surface area contributed by atoms with Gasteiger partial charge in [0.05, 0.1) is 37.7 Å². The standard InChI is InChI=1S/C22H18N4O5S/c1-12-21(32-13(2)24-12)19(27)17-18(15-7-3-4-8-16(15)26(30)31)25(22(29)20(17)28)11-14-6-5-9-23-10-14/h3-10,18,28H,11H2,1-2H3.